The summed E-state index contributed by atoms with van der Waals surface area (Å²) >= 11 is 0. The van der Waals surface area contributed by atoms with Gasteiger partial charge in [-0.25, -0.2) is 4.79 Å². The Morgan fingerprint density at radius 2 is 1.45 bits per heavy atom. The summed E-state index contributed by atoms with van der Waals surface area (Å²) in [5.41, 5.74) is 2.12. The van der Waals surface area contributed by atoms with Crippen molar-refractivity contribution in [3.63, 3.8) is 0 Å². The zero-order valence-electron chi connectivity index (χ0n) is 11.9. The van der Waals surface area contributed by atoms with Gasteiger partial charge in [-0.3, -0.25) is 4.79 Å². The molecule has 0 fully saturated rings. The molecule has 0 atom stereocenters. The van der Waals surface area contributed by atoms with Gasteiger partial charge in [0, 0.05) is 24.0 Å². The van der Waals surface area contributed by atoms with Crippen molar-refractivity contribution >= 4 is 29.0 Å². The minimum Gasteiger partial charge on any atom is -0.326 e. The molecule has 0 aliphatic rings. The highest BCUT2D eigenvalue weighted by Gasteiger charge is 2.04. The quantitative estimate of drug-likeness (QED) is 0.811. The molecule has 2 aromatic rings. The van der Waals surface area contributed by atoms with Gasteiger partial charge in [0.15, 0.2) is 0 Å². The van der Waals surface area contributed by atoms with E-state index < -0.39 is 6.03 Å². The molecule has 0 heterocycles. The Morgan fingerprint density at radius 3 is 2.05 bits per heavy atom. The third kappa shape index (κ3) is 4.35. The van der Waals surface area contributed by atoms with Crippen molar-refractivity contribution < 1.29 is 9.59 Å². The number of carbonyl (C=O) groups is 2. The zero-order valence-corrected chi connectivity index (χ0v) is 11.9. The van der Waals surface area contributed by atoms with E-state index in [2.05, 4.69) is 16.0 Å². The second-order valence-electron chi connectivity index (χ2n) is 4.53. The minimum atomic E-state index is -0.435. The number of hydrogen-bond acceptors (Lipinski definition) is 3. The number of nitrogens with one attached hydrogen (secondary N) is 3. The molecule has 2 rings (SSSR count). The Balaban J connectivity index is 2.02. The molecule has 6 heteroatoms. The van der Waals surface area contributed by atoms with Gasteiger partial charge in [0.05, 0.1) is 11.6 Å². The predicted molar refractivity (Wildman–Crippen MR) is 84.5 cm³/mol. The maximum Gasteiger partial charge on any atom is 0.323 e. The van der Waals surface area contributed by atoms with Crippen LogP contribution in [0.3, 0.4) is 0 Å². The largest absolute Gasteiger partial charge is 0.326 e. The summed E-state index contributed by atoms with van der Waals surface area (Å²) in [4.78, 5) is 22.9. The third-order valence-corrected chi connectivity index (χ3v) is 2.69. The maximum atomic E-state index is 11.9. The molecule has 0 aliphatic carbocycles. The number of carbonyl (C=O) groups excluding carboxylic acids is 2. The highest BCUT2D eigenvalue weighted by atomic mass is 16.2. The molecule has 0 aliphatic heterocycles. The fourth-order valence-corrected chi connectivity index (χ4v) is 1.84. The van der Waals surface area contributed by atoms with Gasteiger partial charge >= 0.3 is 6.03 Å². The second kappa shape index (κ2) is 6.90. The highest BCUT2D eigenvalue weighted by molar-refractivity contribution is 6.00. The van der Waals surface area contributed by atoms with E-state index in [4.69, 9.17) is 5.26 Å². The first-order valence-corrected chi connectivity index (χ1v) is 6.52. The van der Waals surface area contributed by atoms with Gasteiger partial charge in [0.1, 0.15) is 0 Å². The normalized spacial score (nSPS) is 9.45. The Labute approximate surface area is 127 Å². The Bertz CT molecular complexity index is 750. The van der Waals surface area contributed by atoms with Gasteiger partial charge in [-0.2, -0.15) is 5.26 Å². The first-order valence-electron chi connectivity index (χ1n) is 6.52. The first-order chi connectivity index (χ1) is 10.6. The molecule has 0 bridgehead atoms. The number of anilines is 3. The lowest BCUT2D eigenvalue weighted by molar-refractivity contribution is -0.114. The van der Waals surface area contributed by atoms with Crippen LogP contribution in [-0.2, 0) is 4.79 Å². The lowest BCUT2D eigenvalue weighted by atomic mass is 10.2. The van der Waals surface area contributed by atoms with E-state index in [0.717, 1.165) is 0 Å². The predicted octanol–water partition coefficient (Wildman–Crippen LogP) is 3.16. The number of amides is 3. The van der Waals surface area contributed by atoms with Crippen molar-refractivity contribution in [2.75, 3.05) is 16.0 Å². The average molecular weight is 294 g/mol. The van der Waals surface area contributed by atoms with E-state index in [0.29, 0.717) is 22.6 Å². The van der Waals surface area contributed by atoms with Crippen LogP contribution in [0.15, 0.2) is 48.5 Å². The lowest BCUT2D eigenvalue weighted by Crippen LogP contribution is -2.19. The standard InChI is InChI=1S/C16H14N4O2/c1-11(21)18-14-6-3-7-15(9-14)20-16(22)19-13-5-2-4-12(8-13)10-17/h2-9H,1H3,(H,18,21)(H2,19,20,22). The molecule has 110 valence electrons. The van der Waals surface area contributed by atoms with Crippen LogP contribution in [0.1, 0.15) is 12.5 Å². The molecular weight excluding hydrogens is 280 g/mol. The van der Waals surface area contributed by atoms with Crippen LogP contribution < -0.4 is 16.0 Å². The van der Waals surface area contributed by atoms with Crippen LogP contribution in [0.25, 0.3) is 0 Å². The van der Waals surface area contributed by atoms with Crippen molar-refractivity contribution in [2.45, 2.75) is 6.92 Å². The van der Waals surface area contributed by atoms with Crippen molar-refractivity contribution in [2.24, 2.45) is 0 Å². The summed E-state index contributed by atoms with van der Waals surface area (Å²) in [6.07, 6.45) is 0. The molecule has 0 saturated heterocycles. The average Bonchev–Trinajstić information content (AvgIpc) is 2.47. The smallest absolute Gasteiger partial charge is 0.323 e. The number of benzene rings is 2. The van der Waals surface area contributed by atoms with Crippen LogP contribution >= 0.6 is 0 Å². The Kier molecular flexibility index (Phi) is 4.73. The van der Waals surface area contributed by atoms with E-state index in [1.54, 1.807) is 48.5 Å². The van der Waals surface area contributed by atoms with E-state index in [-0.39, 0.29) is 5.91 Å². The number of nitriles is 1. The van der Waals surface area contributed by atoms with Crippen molar-refractivity contribution in [3.05, 3.63) is 54.1 Å². The van der Waals surface area contributed by atoms with Gasteiger partial charge in [-0.15, -0.1) is 0 Å². The van der Waals surface area contributed by atoms with E-state index in [1.165, 1.54) is 6.92 Å². The van der Waals surface area contributed by atoms with Crippen molar-refractivity contribution in [1.82, 2.24) is 0 Å². The van der Waals surface area contributed by atoms with Crippen LogP contribution in [-0.4, -0.2) is 11.9 Å². The molecule has 2 aromatic carbocycles. The van der Waals surface area contributed by atoms with Crippen LogP contribution in [0.4, 0.5) is 21.9 Å². The summed E-state index contributed by atoms with van der Waals surface area (Å²) in [5, 5.41) is 16.8. The van der Waals surface area contributed by atoms with E-state index in [1.807, 2.05) is 6.07 Å². The molecule has 22 heavy (non-hydrogen) atoms. The number of hydrogen-bond donors (Lipinski definition) is 3. The summed E-state index contributed by atoms with van der Waals surface area (Å²) in [6, 6.07) is 15.0. The van der Waals surface area contributed by atoms with Gasteiger partial charge in [0.25, 0.3) is 0 Å². The molecular formula is C16H14N4O2. The van der Waals surface area contributed by atoms with Crippen LogP contribution in [0.2, 0.25) is 0 Å². The fraction of sp³-hybridized carbons (Fsp3) is 0.0625. The summed E-state index contributed by atoms with van der Waals surface area (Å²) < 4.78 is 0. The molecule has 0 unspecified atom stereocenters. The molecule has 0 spiro atoms. The number of nitrogens with zero attached hydrogens (tertiary/aromatic N) is 1. The van der Waals surface area contributed by atoms with Crippen molar-refractivity contribution in [3.8, 4) is 6.07 Å². The van der Waals surface area contributed by atoms with E-state index >= 15 is 0 Å². The summed E-state index contributed by atoms with van der Waals surface area (Å²) in [6.45, 7) is 1.41. The topological polar surface area (TPSA) is 94.0 Å². The van der Waals surface area contributed by atoms with Gasteiger partial charge in [-0.1, -0.05) is 12.1 Å². The minimum absolute atomic E-state index is 0.185. The molecule has 3 amide bonds. The summed E-state index contributed by atoms with van der Waals surface area (Å²) in [5.74, 6) is -0.185. The molecule has 0 radical (unpaired) electrons. The van der Waals surface area contributed by atoms with Crippen LogP contribution in [0.5, 0.6) is 0 Å². The first kappa shape index (κ1) is 15.1. The molecule has 0 aromatic heterocycles. The van der Waals surface area contributed by atoms with Crippen LogP contribution in [0, 0.1) is 11.3 Å². The monoisotopic (exact) mass is 294 g/mol. The van der Waals surface area contributed by atoms with Gasteiger partial charge < -0.3 is 16.0 Å². The van der Waals surface area contributed by atoms with Gasteiger partial charge in [-0.05, 0) is 36.4 Å². The van der Waals surface area contributed by atoms with E-state index in [9.17, 15) is 9.59 Å². The SMILES string of the molecule is CC(=O)Nc1cccc(NC(=O)Nc2cccc(C#N)c2)c1. The fourth-order valence-electron chi connectivity index (χ4n) is 1.84. The zero-order chi connectivity index (χ0) is 15.9. The number of rotatable bonds is 3. The summed E-state index contributed by atoms with van der Waals surface area (Å²) in [7, 11) is 0. The highest BCUT2D eigenvalue weighted by Crippen LogP contribution is 2.16. The number of urea groups is 1. The van der Waals surface area contributed by atoms with Gasteiger partial charge in [0.2, 0.25) is 5.91 Å². The maximum absolute atomic E-state index is 11.9. The second-order valence-corrected chi connectivity index (χ2v) is 4.53. The molecule has 6 nitrogen and oxygen atoms in total. The lowest BCUT2D eigenvalue weighted by Gasteiger charge is -2.09. The Hall–Kier alpha value is -3.33. The third-order valence-electron chi connectivity index (χ3n) is 2.69. The van der Waals surface area contributed by atoms with Crippen molar-refractivity contribution in [1.29, 1.82) is 5.26 Å². The molecule has 3 N–H and O–H groups in total. The molecule has 0 saturated carbocycles. The Morgan fingerprint density at radius 1 is 0.909 bits per heavy atom.